The Bertz CT molecular complexity index is 1510. The number of carbonyl (C=O) groups is 2. The van der Waals surface area contributed by atoms with Crippen molar-refractivity contribution in [2.75, 3.05) is 18.5 Å². The minimum absolute atomic E-state index is 0.236. The van der Waals surface area contributed by atoms with Crippen molar-refractivity contribution in [3.8, 4) is 16.9 Å². The number of anilines is 1. The number of aryl methyl sites for hydroxylation is 1. The fraction of sp³-hybridized carbons (Fsp3) is 0.394. The topological polar surface area (TPSA) is 105 Å². The van der Waals surface area contributed by atoms with Crippen molar-refractivity contribution < 1.29 is 23.8 Å². The largest absolute Gasteiger partial charge is 0.514 e. The van der Waals surface area contributed by atoms with Gasteiger partial charge in [0.25, 0.3) is 0 Å². The van der Waals surface area contributed by atoms with Crippen LogP contribution in [-0.2, 0) is 27.2 Å². The van der Waals surface area contributed by atoms with Crippen LogP contribution in [0.3, 0.4) is 0 Å². The average molecular weight is 573 g/mol. The zero-order valence-electron chi connectivity index (χ0n) is 25.1. The normalized spacial score (nSPS) is 11.4. The Morgan fingerprint density at radius 1 is 0.952 bits per heavy atom. The summed E-state index contributed by atoms with van der Waals surface area (Å²) in [6.07, 6.45) is 2.48. The van der Waals surface area contributed by atoms with E-state index in [-0.39, 0.29) is 12.4 Å². The molecule has 9 heteroatoms. The predicted octanol–water partition coefficient (Wildman–Crippen LogP) is 7.17. The van der Waals surface area contributed by atoms with Crippen molar-refractivity contribution >= 4 is 29.1 Å². The van der Waals surface area contributed by atoms with Gasteiger partial charge in [0.15, 0.2) is 5.65 Å². The lowest BCUT2D eigenvalue weighted by Crippen LogP contribution is -2.26. The maximum Gasteiger partial charge on any atom is 0.514 e. The van der Waals surface area contributed by atoms with Gasteiger partial charge in [-0.3, -0.25) is 4.79 Å². The number of hydrogen-bond acceptors (Lipinski definition) is 8. The summed E-state index contributed by atoms with van der Waals surface area (Å²) in [4.78, 5) is 33.8. The van der Waals surface area contributed by atoms with Gasteiger partial charge in [-0.05, 0) is 63.4 Å². The van der Waals surface area contributed by atoms with Crippen LogP contribution in [0.4, 0.5) is 10.6 Å². The Hall–Kier alpha value is -4.40. The van der Waals surface area contributed by atoms with Gasteiger partial charge in [-0.1, -0.05) is 55.8 Å². The first kappa shape index (κ1) is 30.6. The smallest absolute Gasteiger partial charge is 0.466 e. The zero-order chi connectivity index (χ0) is 30.1. The van der Waals surface area contributed by atoms with E-state index >= 15 is 0 Å². The lowest BCUT2D eigenvalue weighted by molar-refractivity contribution is -0.142. The van der Waals surface area contributed by atoms with Crippen LogP contribution in [-0.4, -0.2) is 45.4 Å². The van der Waals surface area contributed by atoms with E-state index in [0.29, 0.717) is 31.3 Å². The second-order valence-electron chi connectivity index (χ2n) is 11.0. The van der Waals surface area contributed by atoms with Crippen LogP contribution in [0.15, 0.2) is 60.7 Å². The van der Waals surface area contributed by atoms with E-state index in [1.54, 1.807) is 33.8 Å². The van der Waals surface area contributed by atoms with E-state index in [2.05, 4.69) is 28.9 Å². The first-order valence-electron chi connectivity index (χ1n) is 14.5. The molecule has 0 bridgehead atoms. The fourth-order valence-corrected chi connectivity index (χ4v) is 4.49. The number of unbranched alkanes of at least 4 members (excludes halogenated alkanes) is 1. The van der Waals surface area contributed by atoms with Crippen LogP contribution in [0.1, 0.15) is 65.3 Å². The Balaban J connectivity index is 1.55. The van der Waals surface area contributed by atoms with Crippen LogP contribution in [0.25, 0.3) is 22.3 Å². The number of fused-ring (bicyclic) bond motifs is 1. The van der Waals surface area contributed by atoms with Crippen LogP contribution in [0.5, 0.6) is 5.75 Å². The Morgan fingerprint density at radius 2 is 1.71 bits per heavy atom. The molecule has 2 aromatic carbocycles. The molecule has 1 N–H and O–H groups in total. The summed E-state index contributed by atoms with van der Waals surface area (Å²) in [5.41, 5.74) is 3.79. The van der Waals surface area contributed by atoms with Crippen LogP contribution in [0, 0.1) is 0 Å². The van der Waals surface area contributed by atoms with Gasteiger partial charge >= 0.3 is 12.1 Å². The first-order chi connectivity index (χ1) is 20.2. The highest BCUT2D eigenvalue weighted by Crippen LogP contribution is 2.31. The van der Waals surface area contributed by atoms with E-state index in [1.807, 2.05) is 42.5 Å². The van der Waals surface area contributed by atoms with E-state index in [1.165, 1.54) is 0 Å². The minimum Gasteiger partial charge on any atom is -0.466 e. The first-order valence-corrected chi connectivity index (χ1v) is 14.5. The summed E-state index contributed by atoms with van der Waals surface area (Å²) in [6.45, 7) is 10.8. The molecule has 222 valence electrons. The molecule has 0 saturated heterocycles. The minimum atomic E-state index is -0.736. The third-order valence-electron chi connectivity index (χ3n) is 6.44. The van der Waals surface area contributed by atoms with Gasteiger partial charge in [0.2, 0.25) is 0 Å². The maximum atomic E-state index is 12.3. The van der Waals surface area contributed by atoms with Crippen molar-refractivity contribution in [3.63, 3.8) is 0 Å². The molecule has 42 heavy (non-hydrogen) atoms. The number of nitrogens with zero attached hydrogens (tertiary/aromatic N) is 3. The van der Waals surface area contributed by atoms with Crippen molar-refractivity contribution in [2.45, 2.75) is 72.4 Å². The molecule has 0 spiro atoms. The second-order valence-corrected chi connectivity index (χ2v) is 11.0. The third kappa shape index (κ3) is 8.31. The predicted molar refractivity (Wildman–Crippen MR) is 164 cm³/mol. The SMILES string of the molecule is CCCCc1nc2ccc(NCCC(=O)OCC)nc2n1Cc1ccc(-c2ccccc2OC(=O)OC(C)(C)C)cc1. The number of imidazole rings is 1. The van der Waals surface area contributed by atoms with Gasteiger partial charge in [-0.2, -0.15) is 0 Å². The molecule has 0 atom stereocenters. The highest BCUT2D eigenvalue weighted by atomic mass is 16.7. The van der Waals surface area contributed by atoms with Crippen molar-refractivity contribution in [3.05, 3.63) is 72.1 Å². The van der Waals surface area contributed by atoms with Gasteiger partial charge in [0.1, 0.15) is 28.5 Å². The van der Waals surface area contributed by atoms with E-state index in [9.17, 15) is 9.59 Å². The van der Waals surface area contributed by atoms with Gasteiger partial charge in [-0.15, -0.1) is 0 Å². The summed E-state index contributed by atoms with van der Waals surface area (Å²) in [6, 6.07) is 19.4. The number of nitrogens with one attached hydrogen (secondary N) is 1. The van der Waals surface area contributed by atoms with Crippen molar-refractivity contribution in [1.82, 2.24) is 14.5 Å². The standard InChI is InChI=1S/C33H40N4O5/c1-6-8-13-29-35-26-18-19-28(34-21-20-30(38)40-7-2)36-31(26)37(29)22-23-14-16-24(17-15-23)25-11-9-10-12-27(25)41-32(39)42-33(3,4)5/h9-12,14-19H,6-8,13,20-22H2,1-5H3,(H,34,36). The third-order valence-corrected chi connectivity index (χ3v) is 6.44. The molecule has 0 aliphatic heterocycles. The van der Waals surface area contributed by atoms with E-state index in [4.69, 9.17) is 24.2 Å². The molecule has 0 saturated carbocycles. The van der Waals surface area contributed by atoms with E-state index < -0.39 is 11.8 Å². The van der Waals surface area contributed by atoms with Crippen LogP contribution < -0.4 is 10.1 Å². The zero-order valence-corrected chi connectivity index (χ0v) is 25.1. The quantitative estimate of drug-likeness (QED) is 0.141. The average Bonchev–Trinajstić information content (AvgIpc) is 3.28. The summed E-state index contributed by atoms with van der Waals surface area (Å²) in [7, 11) is 0. The van der Waals surface area contributed by atoms with Crippen molar-refractivity contribution in [2.24, 2.45) is 0 Å². The molecular formula is C33H40N4O5. The molecule has 0 aliphatic carbocycles. The fourth-order valence-electron chi connectivity index (χ4n) is 4.49. The molecule has 4 aromatic rings. The maximum absolute atomic E-state index is 12.3. The summed E-state index contributed by atoms with van der Waals surface area (Å²) in [5.74, 6) is 1.88. The molecule has 4 rings (SSSR count). The number of pyridine rings is 1. The van der Waals surface area contributed by atoms with Gasteiger partial charge in [-0.25, -0.2) is 14.8 Å². The number of carbonyl (C=O) groups excluding carboxylic acids is 2. The summed E-state index contributed by atoms with van der Waals surface area (Å²) >= 11 is 0. The number of hydrogen-bond donors (Lipinski definition) is 1. The second kappa shape index (κ2) is 14.0. The Labute approximate surface area is 247 Å². The Kier molecular flexibility index (Phi) is 10.2. The van der Waals surface area contributed by atoms with Gasteiger partial charge in [0.05, 0.1) is 19.6 Å². The molecule has 0 unspecified atom stereocenters. The highest BCUT2D eigenvalue weighted by molar-refractivity contribution is 5.76. The molecule has 0 radical (unpaired) electrons. The molecule has 0 amide bonds. The van der Waals surface area contributed by atoms with Gasteiger partial charge in [0, 0.05) is 18.5 Å². The lowest BCUT2D eigenvalue weighted by atomic mass is 10.0. The number of para-hydroxylation sites is 1. The molecule has 2 heterocycles. The van der Waals surface area contributed by atoms with Crippen LogP contribution in [0.2, 0.25) is 0 Å². The molecule has 0 aliphatic rings. The number of rotatable bonds is 12. The number of ether oxygens (including phenoxy) is 3. The monoisotopic (exact) mass is 572 g/mol. The van der Waals surface area contributed by atoms with Gasteiger partial charge < -0.3 is 24.1 Å². The lowest BCUT2D eigenvalue weighted by Gasteiger charge is -2.19. The van der Waals surface area contributed by atoms with Crippen LogP contribution >= 0.6 is 0 Å². The van der Waals surface area contributed by atoms with Crippen molar-refractivity contribution in [1.29, 1.82) is 0 Å². The number of benzene rings is 2. The number of esters is 1. The summed E-state index contributed by atoms with van der Waals surface area (Å²) in [5, 5.41) is 3.23. The highest BCUT2D eigenvalue weighted by Gasteiger charge is 2.20. The molecular weight excluding hydrogens is 532 g/mol. The Morgan fingerprint density at radius 3 is 2.43 bits per heavy atom. The summed E-state index contributed by atoms with van der Waals surface area (Å²) < 4.78 is 18.1. The molecule has 2 aromatic heterocycles. The molecule has 0 fully saturated rings. The number of aromatic nitrogens is 3. The molecule has 9 nitrogen and oxygen atoms in total. The van der Waals surface area contributed by atoms with E-state index in [0.717, 1.165) is 52.9 Å².